The molecular formula is C17H26N10. The van der Waals surface area contributed by atoms with Crippen LogP contribution in [-0.2, 0) is 13.6 Å². The molecule has 3 heterocycles. The van der Waals surface area contributed by atoms with E-state index >= 15 is 0 Å². The van der Waals surface area contributed by atoms with Gasteiger partial charge in [0.2, 0.25) is 0 Å². The van der Waals surface area contributed by atoms with Crippen molar-refractivity contribution in [2.24, 2.45) is 12.0 Å². The second kappa shape index (κ2) is 9.51. The summed E-state index contributed by atoms with van der Waals surface area (Å²) in [5.41, 5.74) is 0.813. The lowest BCUT2D eigenvalue weighted by atomic mass is 10.4. The van der Waals surface area contributed by atoms with Crippen LogP contribution < -0.4 is 16.0 Å². The van der Waals surface area contributed by atoms with Crippen LogP contribution in [0.4, 0.5) is 5.82 Å². The van der Waals surface area contributed by atoms with Crippen LogP contribution in [0.3, 0.4) is 0 Å². The normalized spacial score (nSPS) is 11.7. The highest BCUT2D eigenvalue weighted by molar-refractivity contribution is 5.86. The highest BCUT2D eigenvalue weighted by Gasteiger charge is 2.07. The van der Waals surface area contributed by atoms with Crippen molar-refractivity contribution in [2.75, 3.05) is 31.5 Å². The largest absolute Gasteiger partial charge is 0.368 e. The van der Waals surface area contributed by atoms with Crippen molar-refractivity contribution in [3.05, 3.63) is 31.0 Å². The molecule has 0 aromatic carbocycles. The minimum absolute atomic E-state index is 0.707. The molecule has 0 unspecified atom stereocenters. The molecule has 3 aromatic heterocycles. The first kappa shape index (κ1) is 18.6. The van der Waals surface area contributed by atoms with E-state index in [2.05, 4.69) is 48.0 Å². The number of nitrogens with zero attached hydrogens (tertiary/aromatic N) is 7. The fraction of sp³-hybridized carbons (Fsp3) is 0.471. The molecule has 10 nitrogen and oxygen atoms in total. The molecule has 27 heavy (non-hydrogen) atoms. The van der Waals surface area contributed by atoms with Gasteiger partial charge in [-0.15, -0.1) is 0 Å². The molecule has 0 radical (unpaired) electrons. The Morgan fingerprint density at radius 2 is 2.11 bits per heavy atom. The molecule has 3 N–H and O–H groups in total. The Morgan fingerprint density at radius 1 is 1.19 bits per heavy atom. The maximum atomic E-state index is 4.60. The summed E-state index contributed by atoms with van der Waals surface area (Å²) in [7, 11) is 1.87. The van der Waals surface area contributed by atoms with Crippen LogP contribution in [0.2, 0.25) is 0 Å². The Morgan fingerprint density at radius 3 is 2.93 bits per heavy atom. The van der Waals surface area contributed by atoms with Gasteiger partial charge in [-0.05, 0) is 19.4 Å². The van der Waals surface area contributed by atoms with Gasteiger partial charge in [-0.2, -0.15) is 10.2 Å². The summed E-state index contributed by atoms with van der Waals surface area (Å²) in [5, 5.41) is 19.2. The van der Waals surface area contributed by atoms with Gasteiger partial charge < -0.3 is 16.0 Å². The molecule has 0 fully saturated rings. The third-order valence-electron chi connectivity index (χ3n) is 3.96. The molecule has 0 aliphatic carbocycles. The van der Waals surface area contributed by atoms with Crippen LogP contribution in [0, 0.1) is 0 Å². The first-order chi connectivity index (χ1) is 13.3. The van der Waals surface area contributed by atoms with E-state index in [0.717, 1.165) is 55.4 Å². The van der Waals surface area contributed by atoms with Crippen LogP contribution in [0.25, 0.3) is 11.0 Å². The highest BCUT2D eigenvalue weighted by Crippen LogP contribution is 2.16. The van der Waals surface area contributed by atoms with Gasteiger partial charge in [0.1, 0.15) is 12.1 Å². The smallest absolute Gasteiger partial charge is 0.191 e. The Hall–Kier alpha value is -3.17. The van der Waals surface area contributed by atoms with Crippen LogP contribution >= 0.6 is 0 Å². The molecule has 0 aliphatic rings. The zero-order chi connectivity index (χ0) is 18.9. The van der Waals surface area contributed by atoms with Gasteiger partial charge >= 0.3 is 0 Å². The lowest BCUT2D eigenvalue weighted by Gasteiger charge is -2.12. The Labute approximate surface area is 158 Å². The van der Waals surface area contributed by atoms with Crippen molar-refractivity contribution in [1.29, 1.82) is 0 Å². The molecule has 0 bridgehead atoms. The monoisotopic (exact) mass is 370 g/mol. The number of aromatic nitrogens is 6. The van der Waals surface area contributed by atoms with Gasteiger partial charge in [0.15, 0.2) is 11.6 Å². The van der Waals surface area contributed by atoms with Gasteiger partial charge in [0, 0.05) is 52.2 Å². The second-order valence-electron chi connectivity index (χ2n) is 5.96. The van der Waals surface area contributed by atoms with Crippen molar-refractivity contribution >= 4 is 22.8 Å². The number of aliphatic imine (C=N–C) groups is 1. The van der Waals surface area contributed by atoms with Crippen molar-refractivity contribution in [1.82, 2.24) is 40.2 Å². The number of anilines is 1. The fourth-order valence-electron chi connectivity index (χ4n) is 2.66. The van der Waals surface area contributed by atoms with Gasteiger partial charge in [0.05, 0.1) is 11.6 Å². The molecule has 144 valence electrons. The predicted octanol–water partition coefficient (Wildman–Crippen LogP) is 0.617. The number of fused-ring (bicyclic) bond motifs is 1. The van der Waals surface area contributed by atoms with Crippen molar-refractivity contribution in [3.63, 3.8) is 0 Å². The van der Waals surface area contributed by atoms with E-state index in [1.807, 2.05) is 24.0 Å². The van der Waals surface area contributed by atoms with E-state index in [1.54, 1.807) is 23.4 Å². The summed E-state index contributed by atoms with van der Waals surface area (Å²) in [5.74, 6) is 1.60. The summed E-state index contributed by atoms with van der Waals surface area (Å²) in [6, 6.07) is 1.93. The van der Waals surface area contributed by atoms with Crippen LogP contribution in [-0.4, -0.2) is 61.7 Å². The van der Waals surface area contributed by atoms with Crippen molar-refractivity contribution in [2.45, 2.75) is 19.9 Å². The number of hydrogen-bond acceptors (Lipinski definition) is 6. The van der Waals surface area contributed by atoms with E-state index < -0.39 is 0 Å². The van der Waals surface area contributed by atoms with Crippen molar-refractivity contribution < 1.29 is 0 Å². The SMILES string of the molecule is CCNC(=NCCCn1cccn1)NCCNc1ncnc2c1cnn2C. The van der Waals surface area contributed by atoms with E-state index in [0.29, 0.717) is 6.54 Å². The third-order valence-corrected chi connectivity index (χ3v) is 3.96. The second-order valence-corrected chi connectivity index (χ2v) is 5.96. The molecule has 0 saturated carbocycles. The fourth-order valence-corrected chi connectivity index (χ4v) is 2.66. The third kappa shape index (κ3) is 5.16. The van der Waals surface area contributed by atoms with Crippen LogP contribution in [0.1, 0.15) is 13.3 Å². The standard InChI is InChI=1S/C17H26N10/c1-3-18-17(20-6-4-10-27-11-5-7-24-27)21-9-8-19-15-14-12-25-26(2)16(14)23-13-22-15/h5,7,11-13H,3-4,6,8-10H2,1-2H3,(H2,18,20,21)(H,19,22,23). The summed E-state index contributed by atoms with van der Waals surface area (Å²) in [4.78, 5) is 13.1. The lowest BCUT2D eigenvalue weighted by molar-refractivity contribution is 0.584. The van der Waals surface area contributed by atoms with E-state index in [1.165, 1.54) is 0 Å². The summed E-state index contributed by atoms with van der Waals surface area (Å²) < 4.78 is 3.65. The minimum Gasteiger partial charge on any atom is -0.368 e. The number of rotatable bonds is 9. The van der Waals surface area contributed by atoms with Gasteiger partial charge in [-0.3, -0.25) is 14.4 Å². The summed E-state index contributed by atoms with van der Waals surface area (Å²) in [6.07, 6.45) is 8.02. The molecular weight excluding hydrogens is 344 g/mol. The Balaban J connectivity index is 1.44. The molecule has 0 aliphatic heterocycles. The number of aryl methyl sites for hydroxylation is 2. The topological polar surface area (TPSA) is 110 Å². The van der Waals surface area contributed by atoms with E-state index in [-0.39, 0.29) is 0 Å². The molecule has 3 aromatic rings. The zero-order valence-corrected chi connectivity index (χ0v) is 15.8. The summed E-state index contributed by atoms with van der Waals surface area (Å²) in [6.45, 7) is 5.91. The maximum Gasteiger partial charge on any atom is 0.191 e. The average molecular weight is 370 g/mol. The van der Waals surface area contributed by atoms with Gasteiger partial charge in [-0.1, -0.05) is 0 Å². The number of hydrogen-bond donors (Lipinski definition) is 3. The van der Waals surface area contributed by atoms with Crippen molar-refractivity contribution in [3.8, 4) is 0 Å². The first-order valence-corrected chi connectivity index (χ1v) is 9.14. The highest BCUT2D eigenvalue weighted by atomic mass is 15.3. The van der Waals surface area contributed by atoms with E-state index in [4.69, 9.17) is 0 Å². The number of nitrogens with one attached hydrogen (secondary N) is 3. The Kier molecular flexibility index (Phi) is 6.55. The predicted molar refractivity (Wildman–Crippen MR) is 106 cm³/mol. The molecule has 0 saturated heterocycles. The average Bonchev–Trinajstić information content (AvgIpc) is 3.33. The number of guanidine groups is 1. The minimum atomic E-state index is 0.707. The lowest BCUT2D eigenvalue weighted by Crippen LogP contribution is -2.39. The van der Waals surface area contributed by atoms with Crippen LogP contribution in [0.5, 0.6) is 0 Å². The molecule has 3 rings (SSSR count). The maximum absolute atomic E-state index is 4.60. The first-order valence-electron chi connectivity index (χ1n) is 9.14. The molecule has 0 spiro atoms. The van der Waals surface area contributed by atoms with Crippen LogP contribution in [0.15, 0.2) is 36.0 Å². The molecule has 0 atom stereocenters. The van der Waals surface area contributed by atoms with E-state index in [9.17, 15) is 0 Å². The van der Waals surface area contributed by atoms with Gasteiger partial charge in [0.25, 0.3) is 0 Å². The molecule has 10 heteroatoms. The zero-order valence-electron chi connectivity index (χ0n) is 15.8. The van der Waals surface area contributed by atoms with Gasteiger partial charge in [-0.25, -0.2) is 9.97 Å². The molecule has 0 amide bonds. The quantitative estimate of drug-likeness (QED) is 0.288. The summed E-state index contributed by atoms with van der Waals surface area (Å²) >= 11 is 0. The Bertz CT molecular complexity index is 852.